The average Bonchev–Trinajstić information content (AvgIpc) is 3.49. The normalized spacial score (nSPS) is 10.8. The van der Waals surface area contributed by atoms with E-state index >= 15 is 0 Å². The molecule has 0 saturated heterocycles. The van der Waals surface area contributed by atoms with E-state index in [-0.39, 0.29) is 17.4 Å². The van der Waals surface area contributed by atoms with Crippen molar-refractivity contribution in [3.63, 3.8) is 0 Å². The molecular formula is C24H24N6O2S2. The third-order valence-electron chi connectivity index (χ3n) is 4.99. The van der Waals surface area contributed by atoms with Crippen LogP contribution in [0.25, 0.3) is 11.3 Å². The molecule has 0 atom stereocenters. The summed E-state index contributed by atoms with van der Waals surface area (Å²) >= 11 is 2.88. The Morgan fingerprint density at radius 2 is 1.82 bits per heavy atom. The molecule has 2 aromatic heterocycles. The fourth-order valence-electron chi connectivity index (χ4n) is 3.24. The van der Waals surface area contributed by atoms with Gasteiger partial charge in [0.2, 0.25) is 5.91 Å². The highest BCUT2D eigenvalue weighted by Gasteiger charge is 2.14. The molecule has 0 saturated carbocycles. The van der Waals surface area contributed by atoms with Crippen LogP contribution < -0.4 is 10.6 Å². The second-order valence-electron chi connectivity index (χ2n) is 7.37. The topological polar surface area (TPSA) is 102 Å². The number of benzene rings is 2. The van der Waals surface area contributed by atoms with Crippen molar-refractivity contribution in [1.82, 2.24) is 19.7 Å². The van der Waals surface area contributed by atoms with Crippen molar-refractivity contribution in [3.8, 4) is 11.3 Å². The summed E-state index contributed by atoms with van der Waals surface area (Å²) in [7, 11) is 0. The van der Waals surface area contributed by atoms with Crippen LogP contribution in [0.4, 0.5) is 10.8 Å². The number of anilines is 2. The van der Waals surface area contributed by atoms with E-state index in [1.807, 2.05) is 47.2 Å². The molecule has 34 heavy (non-hydrogen) atoms. The minimum Gasteiger partial charge on any atom is -0.354 e. The summed E-state index contributed by atoms with van der Waals surface area (Å²) in [6.07, 6.45) is 0. The molecule has 0 aliphatic carbocycles. The van der Waals surface area contributed by atoms with Crippen LogP contribution in [0.15, 0.2) is 65.1 Å². The summed E-state index contributed by atoms with van der Waals surface area (Å²) in [6.45, 7) is 4.70. The average molecular weight is 493 g/mol. The molecule has 0 bridgehead atoms. The van der Waals surface area contributed by atoms with Crippen molar-refractivity contribution < 1.29 is 9.59 Å². The lowest BCUT2D eigenvalue weighted by molar-refractivity contribution is -0.113. The van der Waals surface area contributed by atoms with Crippen LogP contribution in [0.2, 0.25) is 0 Å². The molecule has 10 heteroatoms. The number of carbonyl (C=O) groups is 2. The summed E-state index contributed by atoms with van der Waals surface area (Å²) in [5.41, 5.74) is 3.27. The second-order valence-corrected chi connectivity index (χ2v) is 9.17. The highest BCUT2D eigenvalue weighted by molar-refractivity contribution is 7.99. The van der Waals surface area contributed by atoms with Gasteiger partial charge < -0.3 is 15.2 Å². The third-order valence-corrected chi connectivity index (χ3v) is 6.76. The summed E-state index contributed by atoms with van der Waals surface area (Å²) in [6, 6.07) is 16.9. The molecule has 4 rings (SSSR count). The number of thioether (sulfide) groups is 1. The molecule has 2 N–H and O–H groups in total. The molecule has 0 aliphatic heterocycles. The van der Waals surface area contributed by atoms with Gasteiger partial charge in [0.1, 0.15) is 0 Å². The number of Topliss-reactive ketones (excluding diaryl/α,β-unsaturated/α-hetero) is 1. The van der Waals surface area contributed by atoms with E-state index in [4.69, 9.17) is 0 Å². The van der Waals surface area contributed by atoms with E-state index in [0.29, 0.717) is 29.5 Å². The molecule has 4 aromatic rings. The lowest BCUT2D eigenvalue weighted by atomic mass is 10.1. The highest BCUT2D eigenvalue weighted by atomic mass is 32.2. The SMILES string of the molecule is CCn1c(CNc2nc(-c3ccccc3)cs2)nnc1SCC(=O)Nc1ccc(C(C)=O)cc1. The van der Waals surface area contributed by atoms with Crippen LogP contribution in [0, 0.1) is 0 Å². The van der Waals surface area contributed by atoms with Crippen LogP contribution in [0.1, 0.15) is 30.0 Å². The van der Waals surface area contributed by atoms with Crippen LogP contribution in [-0.4, -0.2) is 37.2 Å². The fourth-order valence-corrected chi connectivity index (χ4v) is 4.78. The lowest BCUT2D eigenvalue weighted by Gasteiger charge is -2.08. The Kier molecular flexibility index (Phi) is 7.71. The molecule has 1 amide bonds. The Balaban J connectivity index is 1.32. The highest BCUT2D eigenvalue weighted by Crippen LogP contribution is 2.25. The first-order valence-electron chi connectivity index (χ1n) is 10.7. The van der Waals surface area contributed by atoms with Gasteiger partial charge in [0.25, 0.3) is 0 Å². The van der Waals surface area contributed by atoms with Gasteiger partial charge in [-0.2, -0.15) is 0 Å². The first-order valence-corrected chi connectivity index (χ1v) is 12.6. The van der Waals surface area contributed by atoms with E-state index in [0.717, 1.165) is 22.2 Å². The molecule has 0 spiro atoms. The Hall–Kier alpha value is -3.50. The van der Waals surface area contributed by atoms with Crippen molar-refractivity contribution in [2.75, 3.05) is 16.4 Å². The predicted octanol–water partition coefficient (Wildman–Crippen LogP) is 4.97. The number of carbonyl (C=O) groups excluding carboxylic acids is 2. The third kappa shape index (κ3) is 5.89. The summed E-state index contributed by atoms with van der Waals surface area (Å²) in [4.78, 5) is 28.4. The number of aromatic nitrogens is 4. The van der Waals surface area contributed by atoms with Gasteiger partial charge in [-0.05, 0) is 38.1 Å². The molecule has 0 unspecified atom stereocenters. The Bertz CT molecular complexity index is 1270. The largest absolute Gasteiger partial charge is 0.354 e. The predicted molar refractivity (Wildman–Crippen MR) is 136 cm³/mol. The molecule has 2 heterocycles. The summed E-state index contributed by atoms with van der Waals surface area (Å²) < 4.78 is 1.98. The molecule has 8 nitrogen and oxygen atoms in total. The maximum atomic E-state index is 12.4. The fraction of sp³-hybridized carbons (Fsp3) is 0.208. The quantitative estimate of drug-likeness (QED) is 0.238. The van der Waals surface area contributed by atoms with Crippen molar-refractivity contribution in [2.24, 2.45) is 0 Å². The number of nitrogens with one attached hydrogen (secondary N) is 2. The van der Waals surface area contributed by atoms with Gasteiger partial charge in [-0.1, -0.05) is 42.1 Å². The Labute approximate surface area is 205 Å². The van der Waals surface area contributed by atoms with Gasteiger partial charge in [0.15, 0.2) is 21.9 Å². The van der Waals surface area contributed by atoms with Crippen molar-refractivity contribution in [3.05, 3.63) is 71.4 Å². The molecule has 174 valence electrons. The van der Waals surface area contributed by atoms with Crippen LogP contribution >= 0.6 is 23.1 Å². The minimum atomic E-state index is -0.151. The smallest absolute Gasteiger partial charge is 0.234 e. The maximum Gasteiger partial charge on any atom is 0.234 e. The number of thiazole rings is 1. The number of nitrogens with zero attached hydrogens (tertiary/aromatic N) is 4. The Morgan fingerprint density at radius 3 is 2.53 bits per heavy atom. The lowest BCUT2D eigenvalue weighted by Crippen LogP contribution is -2.15. The van der Waals surface area contributed by atoms with Gasteiger partial charge in [0, 0.05) is 28.7 Å². The number of hydrogen-bond donors (Lipinski definition) is 2. The summed E-state index contributed by atoms with van der Waals surface area (Å²) in [5.74, 6) is 0.820. The number of ketones is 1. The van der Waals surface area contributed by atoms with E-state index < -0.39 is 0 Å². The molecule has 0 fully saturated rings. The first kappa shape index (κ1) is 23.7. The van der Waals surface area contributed by atoms with Crippen molar-refractivity contribution in [1.29, 1.82) is 0 Å². The van der Waals surface area contributed by atoms with E-state index in [1.54, 1.807) is 35.6 Å². The van der Waals surface area contributed by atoms with E-state index in [2.05, 4.69) is 25.8 Å². The van der Waals surface area contributed by atoms with Gasteiger partial charge in [-0.25, -0.2) is 4.98 Å². The van der Waals surface area contributed by atoms with Crippen molar-refractivity contribution >= 4 is 45.6 Å². The number of hydrogen-bond acceptors (Lipinski definition) is 8. The van der Waals surface area contributed by atoms with Crippen LogP contribution in [0.3, 0.4) is 0 Å². The first-order chi connectivity index (χ1) is 16.5. The second kappa shape index (κ2) is 11.1. The van der Waals surface area contributed by atoms with Gasteiger partial charge >= 0.3 is 0 Å². The minimum absolute atomic E-state index is 0.0101. The van der Waals surface area contributed by atoms with E-state index in [9.17, 15) is 9.59 Å². The van der Waals surface area contributed by atoms with Crippen LogP contribution in [-0.2, 0) is 17.9 Å². The summed E-state index contributed by atoms with van der Waals surface area (Å²) in [5, 5.41) is 18.2. The zero-order valence-corrected chi connectivity index (χ0v) is 20.4. The molecule has 2 aromatic carbocycles. The Morgan fingerprint density at radius 1 is 1.06 bits per heavy atom. The zero-order chi connectivity index (χ0) is 23.9. The molecular weight excluding hydrogens is 468 g/mol. The molecule has 0 aliphatic rings. The standard InChI is InChI=1S/C24H24N6O2S2/c1-3-30-21(13-25-23-27-20(14-33-23)18-7-5-4-6-8-18)28-29-24(30)34-15-22(32)26-19-11-9-17(10-12-19)16(2)31/h4-12,14H,3,13,15H2,1-2H3,(H,25,27)(H,26,32). The number of amides is 1. The van der Waals surface area contributed by atoms with E-state index in [1.165, 1.54) is 18.7 Å². The van der Waals surface area contributed by atoms with Gasteiger partial charge in [0.05, 0.1) is 18.0 Å². The number of rotatable bonds is 10. The molecule has 0 radical (unpaired) electrons. The van der Waals surface area contributed by atoms with Gasteiger partial charge in [-0.15, -0.1) is 21.5 Å². The monoisotopic (exact) mass is 492 g/mol. The maximum absolute atomic E-state index is 12.4. The zero-order valence-electron chi connectivity index (χ0n) is 18.8. The van der Waals surface area contributed by atoms with Crippen molar-refractivity contribution in [2.45, 2.75) is 32.1 Å². The van der Waals surface area contributed by atoms with Gasteiger partial charge in [-0.3, -0.25) is 9.59 Å². The van der Waals surface area contributed by atoms with Crippen LogP contribution in [0.5, 0.6) is 0 Å².